The summed E-state index contributed by atoms with van der Waals surface area (Å²) in [7, 11) is 1.61. The molecule has 0 radical (unpaired) electrons. The smallest absolute Gasteiger partial charge is 0.309 e. The van der Waals surface area contributed by atoms with Crippen LogP contribution in [0.15, 0.2) is 24.3 Å². The number of hydrogen-bond acceptors (Lipinski definition) is 5. The monoisotopic (exact) mass is 321 g/mol. The van der Waals surface area contributed by atoms with E-state index in [1.165, 1.54) is 0 Å². The maximum Gasteiger partial charge on any atom is 0.309 e. The summed E-state index contributed by atoms with van der Waals surface area (Å²) in [5, 5.41) is 3.33. The average Bonchev–Trinajstić information content (AvgIpc) is 2.55. The fourth-order valence-corrected chi connectivity index (χ4v) is 2.89. The highest BCUT2D eigenvalue weighted by Gasteiger charge is 2.33. The van der Waals surface area contributed by atoms with Crippen LogP contribution in [0.4, 0.5) is 0 Å². The number of piperidine rings is 1. The van der Waals surface area contributed by atoms with E-state index in [0.29, 0.717) is 18.3 Å². The Labute approximate surface area is 138 Å². The maximum atomic E-state index is 12.1. The number of nitrogens with one attached hydrogen (secondary N) is 1. The Bertz CT molecular complexity index is 509. The summed E-state index contributed by atoms with van der Waals surface area (Å²) in [4.78, 5) is 12.1. The molecule has 1 N–H and O–H groups in total. The average molecular weight is 321 g/mol. The lowest BCUT2D eigenvalue weighted by Gasteiger charge is -2.36. The Balaban J connectivity index is 1.75. The first kappa shape index (κ1) is 17.6. The third-order valence-electron chi connectivity index (χ3n) is 4.32. The summed E-state index contributed by atoms with van der Waals surface area (Å²) in [6.45, 7) is 6.29. The summed E-state index contributed by atoms with van der Waals surface area (Å²) in [5.74, 6) is 1.62. The van der Waals surface area contributed by atoms with Crippen molar-refractivity contribution in [2.24, 2.45) is 5.92 Å². The van der Waals surface area contributed by atoms with Gasteiger partial charge in [0.25, 0.3) is 0 Å². The van der Waals surface area contributed by atoms with Crippen molar-refractivity contribution in [2.75, 3.05) is 26.8 Å². The van der Waals surface area contributed by atoms with Crippen LogP contribution in [0, 0.1) is 5.92 Å². The predicted octanol–water partition coefficient (Wildman–Crippen LogP) is 2.79. The largest absolute Gasteiger partial charge is 0.497 e. The molecule has 128 valence electrons. The Hall–Kier alpha value is -1.75. The molecule has 1 aromatic rings. The zero-order chi connectivity index (χ0) is 16.7. The molecular formula is C18H27NO4. The molecule has 0 saturated carbocycles. The Morgan fingerprint density at radius 1 is 1.26 bits per heavy atom. The second-order valence-corrected chi connectivity index (χ2v) is 6.38. The number of ether oxygens (including phenoxy) is 3. The zero-order valence-electron chi connectivity index (χ0n) is 14.3. The van der Waals surface area contributed by atoms with Crippen molar-refractivity contribution in [3.8, 4) is 11.5 Å². The zero-order valence-corrected chi connectivity index (χ0v) is 14.3. The number of esters is 1. The van der Waals surface area contributed by atoms with Crippen molar-refractivity contribution in [1.82, 2.24) is 5.32 Å². The van der Waals surface area contributed by atoms with Gasteiger partial charge < -0.3 is 19.5 Å². The Kier molecular flexibility index (Phi) is 6.28. The first-order valence-electron chi connectivity index (χ1n) is 8.20. The van der Waals surface area contributed by atoms with Crippen LogP contribution in [0.1, 0.15) is 33.1 Å². The van der Waals surface area contributed by atoms with Gasteiger partial charge >= 0.3 is 5.97 Å². The number of benzene rings is 1. The van der Waals surface area contributed by atoms with Gasteiger partial charge in [0.15, 0.2) is 0 Å². The lowest BCUT2D eigenvalue weighted by molar-refractivity contribution is -0.163. The van der Waals surface area contributed by atoms with E-state index in [1.54, 1.807) is 13.2 Å². The topological polar surface area (TPSA) is 56.8 Å². The molecule has 1 saturated heterocycles. The first-order valence-corrected chi connectivity index (χ1v) is 8.20. The normalized spacial score (nSPS) is 16.0. The Morgan fingerprint density at radius 3 is 2.65 bits per heavy atom. The number of carbonyl (C=O) groups excluding carboxylic acids is 1. The van der Waals surface area contributed by atoms with Crippen LogP contribution in [0.3, 0.4) is 0 Å². The minimum absolute atomic E-state index is 0.212. The van der Waals surface area contributed by atoms with E-state index in [0.717, 1.165) is 31.7 Å². The van der Waals surface area contributed by atoms with Crippen LogP contribution in [-0.4, -0.2) is 38.4 Å². The van der Waals surface area contributed by atoms with Crippen molar-refractivity contribution >= 4 is 5.97 Å². The van der Waals surface area contributed by atoms with Crippen molar-refractivity contribution in [3.05, 3.63) is 24.3 Å². The van der Waals surface area contributed by atoms with Gasteiger partial charge in [0, 0.05) is 12.0 Å². The van der Waals surface area contributed by atoms with Gasteiger partial charge in [-0.2, -0.15) is 0 Å². The van der Waals surface area contributed by atoms with E-state index in [-0.39, 0.29) is 12.4 Å². The fourth-order valence-electron chi connectivity index (χ4n) is 2.89. The third-order valence-corrected chi connectivity index (χ3v) is 4.32. The number of rotatable bonds is 7. The molecule has 0 aliphatic carbocycles. The number of hydrogen-bond donors (Lipinski definition) is 1. The van der Waals surface area contributed by atoms with Gasteiger partial charge in [0.1, 0.15) is 17.1 Å². The summed E-state index contributed by atoms with van der Waals surface area (Å²) in [5.41, 5.74) is -0.421. The Morgan fingerprint density at radius 2 is 1.96 bits per heavy atom. The highest BCUT2D eigenvalue weighted by molar-refractivity contribution is 5.70. The molecule has 5 heteroatoms. The standard InChI is InChI=1S/C18H27NO4/c1-18(2,14-7-10-19-11-8-14)23-17(20)9-12-22-16-6-4-5-15(13-16)21-3/h4-6,13-14,19H,7-12H2,1-3H3. The van der Waals surface area contributed by atoms with Gasteiger partial charge in [-0.3, -0.25) is 4.79 Å². The van der Waals surface area contributed by atoms with Gasteiger partial charge in [-0.25, -0.2) is 0 Å². The molecule has 1 aliphatic rings. The maximum absolute atomic E-state index is 12.1. The van der Waals surface area contributed by atoms with E-state index in [2.05, 4.69) is 5.32 Å². The molecule has 0 spiro atoms. The number of methoxy groups -OCH3 is 1. The van der Waals surface area contributed by atoms with Crippen molar-refractivity contribution in [2.45, 2.75) is 38.7 Å². The lowest BCUT2D eigenvalue weighted by Crippen LogP contribution is -2.42. The quantitative estimate of drug-likeness (QED) is 0.783. The van der Waals surface area contributed by atoms with Crippen LogP contribution in [-0.2, 0) is 9.53 Å². The van der Waals surface area contributed by atoms with Gasteiger partial charge in [0.05, 0.1) is 20.1 Å². The molecule has 2 rings (SSSR count). The molecule has 5 nitrogen and oxygen atoms in total. The minimum atomic E-state index is -0.421. The second kappa shape index (κ2) is 8.20. The van der Waals surface area contributed by atoms with Gasteiger partial charge in [0.2, 0.25) is 0 Å². The molecule has 1 heterocycles. The molecule has 0 atom stereocenters. The van der Waals surface area contributed by atoms with Crippen LogP contribution < -0.4 is 14.8 Å². The highest BCUT2D eigenvalue weighted by Crippen LogP contribution is 2.29. The molecule has 0 amide bonds. The molecule has 0 unspecified atom stereocenters. The van der Waals surface area contributed by atoms with E-state index < -0.39 is 5.60 Å². The van der Waals surface area contributed by atoms with E-state index in [4.69, 9.17) is 14.2 Å². The summed E-state index contributed by atoms with van der Waals surface area (Å²) in [6, 6.07) is 7.34. The lowest BCUT2D eigenvalue weighted by atomic mass is 9.83. The molecule has 1 aromatic carbocycles. The van der Waals surface area contributed by atoms with Crippen LogP contribution >= 0.6 is 0 Å². The summed E-state index contributed by atoms with van der Waals surface area (Å²) < 4.78 is 16.4. The molecule has 1 fully saturated rings. The molecule has 1 aliphatic heterocycles. The van der Waals surface area contributed by atoms with Gasteiger partial charge in [-0.05, 0) is 51.9 Å². The minimum Gasteiger partial charge on any atom is -0.497 e. The van der Waals surface area contributed by atoms with E-state index in [9.17, 15) is 4.79 Å². The van der Waals surface area contributed by atoms with Crippen LogP contribution in [0.25, 0.3) is 0 Å². The molecule has 23 heavy (non-hydrogen) atoms. The van der Waals surface area contributed by atoms with E-state index in [1.807, 2.05) is 32.0 Å². The van der Waals surface area contributed by atoms with Crippen LogP contribution in [0.2, 0.25) is 0 Å². The summed E-state index contributed by atoms with van der Waals surface area (Å²) in [6.07, 6.45) is 2.33. The second-order valence-electron chi connectivity index (χ2n) is 6.38. The fraction of sp³-hybridized carbons (Fsp3) is 0.611. The van der Waals surface area contributed by atoms with Gasteiger partial charge in [-0.1, -0.05) is 6.07 Å². The molecule has 0 bridgehead atoms. The molecule has 0 aromatic heterocycles. The first-order chi connectivity index (χ1) is 11.0. The van der Waals surface area contributed by atoms with Crippen molar-refractivity contribution < 1.29 is 19.0 Å². The van der Waals surface area contributed by atoms with Crippen molar-refractivity contribution in [3.63, 3.8) is 0 Å². The SMILES string of the molecule is COc1cccc(OCCC(=O)OC(C)(C)C2CCNCC2)c1. The van der Waals surface area contributed by atoms with Crippen LogP contribution in [0.5, 0.6) is 11.5 Å². The summed E-state index contributed by atoms with van der Waals surface area (Å²) >= 11 is 0. The van der Waals surface area contributed by atoms with E-state index >= 15 is 0 Å². The third kappa shape index (κ3) is 5.43. The number of carbonyl (C=O) groups is 1. The predicted molar refractivity (Wildman–Crippen MR) is 88.9 cm³/mol. The van der Waals surface area contributed by atoms with Crippen molar-refractivity contribution in [1.29, 1.82) is 0 Å². The van der Waals surface area contributed by atoms with Gasteiger partial charge in [-0.15, -0.1) is 0 Å². The highest BCUT2D eigenvalue weighted by atomic mass is 16.6. The molecular weight excluding hydrogens is 294 g/mol.